The molecule has 0 radical (unpaired) electrons. The maximum atomic E-state index is 10.6. The van der Waals surface area contributed by atoms with Gasteiger partial charge in [-0.1, -0.05) is 6.07 Å². The van der Waals surface area contributed by atoms with E-state index < -0.39 is 29.9 Å². The largest absolute Gasteiger partial charge is 0.504 e. The molecule has 0 saturated heterocycles. The predicted octanol–water partition coefficient (Wildman–Crippen LogP) is 0.0522. The number of carboxylic acid groups (broad SMARTS) is 1. The summed E-state index contributed by atoms with van der Waals surface area (Å²) in [6, 6.07) is 1.42. The molecule has 1 rings (SSSR count). The van der Waals surface area contributed by atoms with Gasteiger partial charge in [0.25, 0.3) is 0 Å². The van der Waals surface area contributed by atoms with Crippen LogP contribution in [0.25, 0.3) is 0 Å². The van der Waals surface area contributed by atoms with Crippen LogP contribution >= 0.6 is 0 Å². The number of phenolic OH excluding ortho intramolecular Hbond substituents is 2. The zero-order chi connectivity index (χ0) is 12.5. The van der Waals surface area contributed by atoms with Crippen LogP contribution < -0.4 is 5.73 Å². The Morgan fingerprint density at radius 1 is 1.50 bits per heavy atom. The number of hydrogen-bond acceptors (Lipinski definition) is 4. The zero-order valence-corrected chi connectivity index (χ0v) is 7.14. The fourth-order valence-corrected chi connectivity index (χ4v) is 0.855. The number of rotatable bonds is 3. The molecule has 76 valence electrons. The first-order chi connectivity index (χ1) is 7.26. The summed E-state index contributed by atoms with van der Waals surface area (Å²) in [4.78, 5) is 10.6. The van der Waals surface area contributed by atoms with Crippen molar-refractivity contribution < 1.29 is 22.9 Å². The molecule has 0 spiro atoms. The highest BCUT2D eigenvalue weighted by molar-refractivity contribution is 5.73. The number of benzene rings is 1. The van der Waals surface area contributed by atoms with E-state index in [9.17, 15) is 9.90 Å². The number of nitrogens with two attached hydrogens (primary N) is 1. The van der Waals surface area contributed by atoms with Crippen LogP contribution in [0.5, 0.6) is 11.5 Å². The lowest BCUT2D eigenvalue weighted by Gasteiger charge is -2.06. The maximum absolute atomic E-state index is 10.6. The molecular formula is C9H11NO4. The molecule has 0 aliphatic carbocycles. The molecule has 0 aliphatic heterocycles. The van der Waals surface area contributed by atoms with Gasteiger partial charge in [0.2, 0.25) is 0 Å². The second kappa shape index (κ2) is 3.97. The number of phenols is 2. The van der Waals surface area contributed by atoms with Gasteiger partial charge in [-0.25, -0.2) is 0 Å². The summed E-state index contributed by atoms with van der Waals surface area (Å²) in [5.41, 5.74) is 5.08. The topological polar surface area (TPSA) is 104 Å². The van der Waals surface area contributed by atoms with E-state index in [0.717, 1.165) is 18.2 Å². The van der Waals surface area contributed by atoms with E-state index in [-0.39, 0.29) is 5.56 Å². The molecular weight excluding hydrogens is 186 g/mol. The Morgan fingerprint density at radius 2 is 2.14 bits per heavy atom. The summed E-state index contributed by atoms with van der Waals surface area (Å²) in [6.45, 7) is 0. The van der Waals surface area contributed by atoms with Crippen molar-refractivity contribution in [1.29, 1.82) is 0 Å². The summed E-state index contributed by atoms with van der Waals surface area (Å²) in [6.07, 6.45) is -2.34. The summed E-state index contributed by atoms with van der Waals surface area (Å²) in [5.74, 6) is -2.43. The van der Waals surface area contributed by atoms with Gasteiger partial charge < -0.3 is 21.1 Å². The van der Waals surface area contributed by atoms with Gasteiger partial charge in [-0.05, 0) is 24.1 Å². The van der Waals surface area contributed by atoms with Crippen molar-refractivity contribution in [2.24, 2.45) is 5.73 Å². The molecule has 5 heteroatoms. The molecule has 14 heavy (non-hydrogen) atoms. The van der Waals surface area contributed by atoms with Gasteiger partial charge in [0.15, 0.2) is 11.5 Å². The van der Waals surface area contributed by atoms with Crippen molar-refractivity contribution in [2.45, 2.75) is 12.4 Å². The standard InChI is InChI=1S/C9H11NO4/c10-6(9(13)14)3-5-1-2-7(11)8(12)4-5/h1-2,4,6,11-12H,3,10H2,(H,13,14)/i3D2. The Kier molecular flexibility index (Phi) is 2.17. The minimum Gasteiger partial charge on any atom is -0.504 e. The minimum atomic E-state index is -2.34. The Labute approximate surface area is 83.2 Å². The van der Waals surface area contributed by atoms with Gasteiger partial charge >= 0.3 is 5.97 Å². The first-order valence-electron chi connectivity index (χ1n) is 4.77. The van der Waals surface area contributed by atoms with Crippen LogP contribution in [0.3, 0.4) is 0 Å². The van der Waals surface area contributed by atoms with Crippen LogP contribution in [-0.4, -0.2) is 27.3 Å². The van der Waals surface area contributed by atoms with E-state index in [1.54, 1.807) is 0 Å². The number of carbonyl (C=O) groups is 1. The van der Waals surface area contributed by atoms with Crippen molar-refractivity contribution in [3.8, 4) is 11.5 Å². The summed E-state index contributed by atoms with van der Waals surface area (Å²) >= 11 is 0. The van der Waals surface area contributed by atoms with Crippen LogP contribution in [0.4, 0.5) is 0 Å². The zero-order valence-electron chi connectivity index (χ0n) is 9.14. The van der Waals surface area contributed by atoms with E-state index >= 15 is 0 Å². The van der Waals surface area contributed by atoms with Gasteiger partial charge in [-0.15, -0.1) is 0 Å². The molecule has 0 heterocycles. The van der Waals surface area contributed by atoms with Gasteiger partial charge in [0.05, 0.1) is 0 Å². The molecule has 1 atom stereocenters. The first-order valence-corrected chi connectivity index (χ1v) is 3.77. The van der Waals surface area contributed by atoms with Crippen molar-refractivity contribution in [3.05, 3.63) is 23.8 Å². The Balaban J connectivity index is 3.16. The third-order valence-electron chi connectivity index (χ3n) is 1.56. The maximum Gasteiger partial charge on any atom is 0.320 e. The molecule has 5 N–H and O–H groups in total. The average molecular weight is 199 g/mol. The van der Waals surface area contributed by atoms with E-state index in [1.165, 1.54) is 0 Å². The number of carboxylic acids is 1. The number of aliphatic carboxylic acids is 1. The van der Waals surface area contributed by atoms with Crippen molar-refractivity contribution in [2.75, 3.05) is 0 Å². The smallest absolute Gasteiger partial charge is 0.320 e. The highest BCUT2D eigenvalue weighted by atomic mass is 16.4. The molecule has 1 aromatic rings. The van der Waals surface area contributed by atoms with Crippen LogP contribution in [-0.2, 0) is 11.2 Å². The van der Waals surface area contributed by atoms with Crippen LogP contribution in [0.2, 0.25) is 0 Å². The second-order valence-electron chi connectivity index (χ2n) is 2.66. The summed E-state index contributed by atoms with van der Waals surface area (Å²) < 4.78 is 15.1. The predicted molar refractivity (Wildman–Crippen MR) is 49.1 cm³/mol. The Morgan fingerprint density at radius 3 is 2.64 bits per heavy atom. The van der Waals surface area contributed by atoms with Gasteiger partial charge in [-0.3, -0.25) is 4.79 Å². The molecule has 0 aromatic heterocycles. The Bertz CT molecular complexity index is 422. The van der Waals surface area contributed by atoms with Gasteiger partial charge in [0.1, 0.15) is 6.04 Å². The number of hydrogen-bond donors (Lipinski definition) is 4. The molecule has 1 aromatic carbocycles. The van der Waals surface area contributed by atoms with E-state index in [0.29, 0.717) is 0 Å². The Hall–Kier alpha value is -1.75. The van der Waals surface area contributed by atoms with Gasteiger partial charge in [0, 0.05) is 2.74 Å². The SMILES string of the molecule is [2H]C([2H])(c1ccc(O)c(O)c1)C(N)C(=O)O. The van der Waals surface area contributed by atoms with Crippen molar-refractivity contribution in [1.82, 2.24) is 0 Å². The molecule has 0 fully saturated rings. The highest BCUT2D eigenvalue weighted by Crippen LogP contribution is 2.25. The van der Waals surface area contributed by atoms with Crippen LogP contribution in [0.15, 0.2) is 18.2 Å². The van der Waals surface area contributed by atoms with E-state index in [4.69, 9.17) is 18.7 Å². The van der Waals surface area contributed by atoms with Crippen molar-refractivity contribution in [3.63, 3.8) is 0 Å². The lowest BCUT2D eigenvalue weighted by atomic mass is 10.1. The second-order valence-corrected chi connectivity index (χ2v) is 2.66. The minimum absolute atomic E-state index is 0.113. The third-order valence-corrected chi connectivity index (χ3v) is 1.56. The fourth-order valence-electron chi connectivity index (χ4n) is 0.855. The third kappa shape index (κ3) is 2.37. The van der Waals surface area contributed by atoms with E-state index in [2.05, 4.69) is 0 Å². The quantitative estimate of drug-likeness (QED) is 0.515. The van der Waals surface area contributed by atoms with Crippen LogP contribution in [0.1, 0.15) is 8.30 Å². The summed E-state index contributed by atoms with van der Waals surface area (Å²) in [7, 11) is 0. The highest BCUT2D eigenvalue weighted by Gasteiger charge is 2.12. The number of aromatic hydroxyl groups is 2. The van der Waals surface area contributed by atoms with Gasteiger partial charge in [-0.2, -0.15) is 0 Å². The monoisotopic (exact) mass is 199 g/mol. The van der Waals surface area contributed by atoms with E-state index in [1.807, 2.05) is 0 Å². The first kappa shape index (κ1) is 7.64. The molecule has 1 unspecified atom stereocenters. The normalized spacial score (nSPS) is 15.5. The molecule has 0 saturated carbocycles. The average Bonchev–Trinajstić information content (AvgIpc) is 2.20. The van der Waals surface area contributed by atoms with Crippen LogP contribution in [0, 0.1) is 0 Å². The molecule has 0 aliphatic rings. The summed E-state index contributed by atoms with van der Waals surface area (Å²) in [5, 5.41) is 26.8. The molecule has 5 nitrogen and oxygen atoms in total. The molecule has 0 amide bonds. The molecule has 0 bridgehead atoms. The lowest BCUT2D eigenvalue weighted by Crippen LogP contribution is -2.32. The fraction of sp³-hybridized carbons (Fsp3) is 0.222. The van der Waals surface area contributed by atoms with Crippen molar-refractivity contribution >= 4 is 5.97 Å². The lowest BCUT2D eigenvalue weighted by molar-refractivity contribution is -0.138.